The van der Waals surface area contributed by atoms with Crippen LogP contribution in [-0.2, 0) is 14.3 Å². The van der Waals surface area contributed by atoms with E-state index in [1.54, 1.807) is 0 Å². The molecule has 6 heteroatoms. The van der Waals surface area contributed by atoms with Crippen LogP contribution in [0.25, 0.3) is 0 Å². The third kappa shape index (κ3) is 3.03. The monoisotopic (exact) mass is 317 g/mol. The van der Waals surface area contributed by atoms with E-state index < -0.39 is 5.54 Å². The van der Waals surface area contributed by atoms with Crippen LogP contribution >= 0.6 is 0 Å². The highest BCUT2D eigenvalue weighted by Gasteiger charge is 2.50. The number of hydrogen-bond acceptors (Lipinski definition) is 5. The maximum Gasteiger partial charge on any atom is 0.320 e. The van der Waals surface area contributed by atoms with E-state index in [1.165, 1.54) is 0 Å². The van der Waals surface area contributed by atoms with Crippen LogP contribution in [0.1, 0.15) is 19.8 Å². The zero-order chi connectivity index (χ0) is 16.3. The van der Waals surface area contributed by atoms with E-state index in [2.05, 4.69) is 15.1 Å². The molecule has 3 rings (SSSR count). The van der Waals surface area contributed by atoms with E-state index in [4.69, 9.17) is 4.74 Å². The number of nitrogens with zero attached hydrogens (tertiary/aromatic N) is 2. The lowest BCUT2D eigenvalue weighted by Gasteiger charge is -2.43. The molecule has 0 aliphatic carbocycles. The van der Waals surface area contributed by atoms with Crippen LogP contribution in [0.3, 0.4) is 0 Å². The third-order valence-corrected chi connectivity index (χ3v) is 4.75. The Kier molecular flexibility index (Phi) is 4.52. The van der Waals surface area contributed by atoms with Crippen LogP contribution in [-0.4, -0.2) is 55.2 Å². The third-order valence-electron chi connectivity index (χ3n) is 4.75. The van der Waals surface area contributed by atoms with E-state index in [0.29, 0.717) is 32.7 Å². The molecule has 2 heterocycles. The average molecular weight is 317 g/mol. The quantitative estimate of drug-likeness (QED) is 0.839. The number of esters is 1. The van der Waals surface area contributed by atoms with Crippen molar-refractivity contribution >= 4 is 17.6 Å². The van der Waals surface area contributed by atoms with Gasteiger partial charge in [0.15, 0.2) is 0 Å². The van der Waals surface area contributed by atoms with Gasteiger partial charge in [-0.3, -0.25) is 14.5 Å². The molecule has 2 saturated heterocycles. The van der Waals surface area contributed by atoms with Gasteiger partial charge in [-0.1, -0.05) is 18.2 Å². The predicted molar refractivity (Wildman–Crippen MR) is 87.0 cm³/mol. The van der Waals surface area contributed by atoms with Crippen LogP contribution in [0, 0.1) is 0 Å². The SMILES string of the molecule is CCOC(=O)CN1CCC2(CC1)C(=O)NCN2c1ccccc1. The van der Waals surface area contributed by atoms with E-state index >= 15 is 0 Å². The number of anilines is 1. The van der Waals surface area contributed by atoms with Crippen molar-refractivity contribution < 1.29 is 14.3 Å². The van der Waals surface area contributed by atoms with Crippen molar-refractivity contribution in [2.45, 2.75) is 25.3 Å². The Balaban J connectivity index is 1.69. The number of hydrogen-bond donors (Lipinski definition) is 1. The zero-order valence-corrected chi connectivity index (χ0v) is 13.5. The largest absolute Gasteiger partial charge is 0.465 e. The Morgan fingerprint density at radius 2 is 1.96 bits per heavy atom. The van der Waals surface area contributed by atoms with Gasteiger partial charge in [-0.25, -0.2) is 0 Å². The van der Waals surface area contributed by atoms with E-state index in [0.717, 1.165) is 18.8 Å². The zero-order valence-electron chi connectivity index (χ0n) is 13.5. The van der Waals surface area contributed by atoms with Gasteiger partial charge in [0.1, 0.15) is 5.54 Å². The summed E-state index contributed by atoms with van der Waals surface area (Å²) in [5.74, 6) is -0.101. The Bertz CT molecular complexity index is 568. The Morgan fingerprint density at radius 3 is 2.61 bits per heavy atom. The van der Waals surface area contributed by atoms with Gasteiger partial charge in [-0.2, -0.15) is 0 Å². The highest BCUT2D eigenvalue weighted by atomic mass is 16.5. The van der Waals surface area contributed by atoms with Crippen molar-refractivity contribution in [1.29, 1.82) is 0 Å². The number of carbonyl (C=O) groups excluding carboxylic acids is 2. The summed E-state index contributed by atoms with van der Waals surface area (Å²) in [6, 6.07) is 10.0. The fraction of sp³-hybridized carbons (Fsp3) is 0.529. The smallest absolute Gasteiger partial charge is 0.320 e. The highest BCUT2D eigenvalue weighted by Crippen LogP contribution is 2.35. The maximum absolute atomic E-state index is 12.5. The number of para-hydroxylation sites is 1. The number of piperidine rings is 1. The fourth-order valence-corrected chi connectivity index (χ4v) is 3.50. The number of likely N-dealkylation sites (tertiary alicyclic amines) is 1. The van der Waals surface area contributed by atoms with Gasteiger partial charge in [-0.15, -0.1) is 0 Å². The van der Waals surface area contributed by atoms with Crippen molar-refractivity contribution in [3.05, 3.63) is 30.3 Å². The minimum absolute atomic E-state index is 0.0946. The Hall–Kier alpha value is -2.08. The van der Waals surface area contributed by atoms with Gasteiger partial charge in [-0.05, 0) is 31.9 Å². The molecule has 23 heavy (non-hydrogen) atoms. The standard InChI is InChI=1S/C17H23N3O3/c1-2-23-15(21)12-19-10-8-17(9-11-19)16(22)18-13-20(17)14-6-4-3-5-7-14/h3-7H,2,8-13H2,1H3,(H,18,22). The summed E-state index contributed by atoms with van der Waals surface area (Å²) >= 11 is 0. The number of nitrogens with one attached hydrogen (secondary N) is 1. The molecular weight excluding hydrogens is 294 g/mol. The molecule has 0 saturated carbocycles. The second kappa shape index (κ2) is 6.58. The van der Waals surface area contributed by atoms with Crippen LogP contribution in [0.4, 0.5) is 5.69 Å². The molecule has 0 aromatic heterocycles. The Morgan fingerprint density at radius 1 is 1.26 bits per heavy atom. The highest BCUT2D eigenvalue weighted by molar-refractivity contribution is 5.93. The van der Waals surface area contributed by atoms with Crippen molar-refractivity contribution in [1.82, 2.24) is 10.2 Å². The summed E-state index contributed by atoms with van der Waals surface area (Å²) in [5.41, 5.74) is 0.566. The molecule has 1 amide bonds. The molecule has 2 aliphatic heterocycles. The van der Waals surface area contributed by atoms with Gasteiger partial charge in [0.05, 0.1) is 19.8 Å². The average Bonchev–Trinajstić information content (AvgIpc) is 2.87. The predicted octanol–water partition coefficient (Wildman–Crippen LogP) is 0.978. The molecule has 1 spiro atoms. The van der Waals surface area contributed by atoms with Crippen molar-refractivity contribution in [2.24, 2.45) is 0 Å². The molecule has 0 bridgehead atoms. The normalized spacial score (nSPS) is 20.6. The molecule has 1 aromatic carbocycles. The summed E-state index contributed by atoms with van der Waals surface area (Å²) in [6.45, 7) is 4.49. The number of carbonyl (C=O) groups is 2. The first-order valence-corrected chi connectivity index (χ1v) is 8.15. The number of benzene rings is 1. The minimum Gasteiger partial charge on any atom is -0.465 e. The van der Waals surface area contributed by atoms with Crippen molar-refractivity contribution in [2.75, 3.05) is 37.8 Å². The first-order valence-electron chi connectivity index (χ1n) is 8.15. The summed E-state index contributed by atoms with van der Waals surface area (Å²) < 4.78 is 5.00. The van der Waals surface area contributed by atoms with Crippen LogP contribution in [0.15, 0.2) is 30.3 Å². The topological polar surface area (TPSA) is 61.9 Å². The van der Waals surface area contributed by atoms with Gasteiger partial charge >= 0.3 is 5.97 Å². The van der Waals surface area contributed by atoms with Gasteiger partial charge in [0.25, 0.3) is 0 Å². The number of amides is 1. The summed E-state index contributed by atoms with van der Waals surface area (Å²) in [5, 5.41) is 2.98. The van der Waals surface area contributed by atoms with Crippen molar-refractivity contribution in [3.63, 3.8) is 0 Å². The first-order chi connectivity index (χ1) is 11.2. The summed E-state index contributed by atoms with van der Waals surface area (Å²) in [4.78, 5) is 28.4. The Labute approximate surface area is 136 Å². The van der Waals surface area contributed by atoms with E-state index in [9.17, 15) is 9.59 Å². The molecule has 0 radical (unpaired) electrons. The molecule has 0 atom stereocenters. The van der Waals surface area contributed by atoms with Crippen LogP contribution < -0.4 is 10.2 Å². The fourth-order valence-electron chi connectivity index (χ4n) is 3.50. The van der Waals surface area contributed by atoms with Crippen LogP contribution in [0.5, 0.6) is 0 Å². The molecule has 2 fully saturated rings. The molecule has 1 aromatic rings. The van der Waals surface area contributed by atoms with Gasteiger partial charge in [0, 0.05) is 18.8 Å². The van der Waals surface area contributed by atoms with E-state index in [-0.39, 0.29) is 11.9 Å². The number of rotatable bonds is 4. The van der Waals surface area contributed by atoms with Gasteiger partial charge in [0.2, 0.25) is 5.91 Å². The maximum atomic E-state index is 12.5. The lowest BCUT2D eigenvalue weighted by atomic mass is 9.85. The lowest BCUT2D eigenvalue weighted by molar-refractivity contribution is -0.144. The molecular formula is C17H23N3O3. The number of ether oxygens (including phenoxy) is 1. The first kappa shape index (κ1) is 15.8. The minimum atomic E-state index is -0.494. The second-order valence-electron chi connectivity index (χ2n) is 6.04. The molecule has 2 aliphatic rings. The van der Waals surface area contributed by atoms with Crippen LogP contribution in [0.2, 0.25) is 0 Å². The molecule has 1 N–H and O–H groups in total. The van der Waals surface area contributed by atoms with Gasteiger partial charge < -0.3 is 15.0 Å². The molecule has 124 valence electrons. The van der Waals surface area contributed by atoms with Crippen molar-refractivity contribution in [3.8, 4) is 0 Å². The molecule has 6 nitrogen and oxygen atoms in total. The summed E-state index contributed by atoms with van der Waals surface area (Å²) in [6.07, 6.45) is 1.43. The molecule has 0 unspecified atom stereocenters. The summed E-state index contributed by atoms with van der Waals surface area (Å²) in [7, 11) is 0. The second-order valence-corrected chi connectivity index (χ2v) is 6.04. The van der Waals surface area contributed by atoms with E-state index in [1.807, 2.05) is 37.3 Å². The lowest BCUT2D eigenvalue weighted by Crippen LogP contribution is -2.57.